The van der Waals surface area contributed by atoms with Crippen molar-refractivity contribution in [3.8, 4) is 5.75 Å². The molecule has 1 rings (SSSR count). The Hall–Kier alpha value is -2.04. The average Bonchev–Trinajstić information content (AvgIpc) is 2.55. The number of carbonyl (C=O) groups excluding carboxylic acids is 2. The predicted molar refractivity (Wildman–Crippen MR) is 95.8 cm³/mol. The largest absolute Gasteiger partial charge is 0.497 e. The molecule has 0 saturated carbocycles. The Kier molecular flexibility index (Phi) is 7.75. The third kappa shape index (κ3) is 6.60. The molecule has 5 nitrogen and oxygen atoms in total. The zero-order chi connectivity index (χ0) is 18.2. The lowest BCUT2D eigenvalue weighted by atomic mass is 9.96. The van der Waals surface area contributed by atoms with E-state index >= 15 is 0 Å². The topological polar surface area (TPSA) is 58.6 Å². The van der Waals surface area contributed by atoms with Crippen molar-refractivity contribution in [2.75, 3.05) is 20.2 Å². The number of nitrogens with one attached hydrogen (secondary N) is 1. The minimum atomic E-state index is -0.395. The lowest BCUT2D eigenvalue weighted by Crippen LogP contribution is -2.36. The second-order valence-electron chi connectivity index (χ2n) is 6.87. The highest BCUT2D eigenvalue weighted by atomic mass is 16.5. The molecular formula is C19H30N2O3. The fraction of sp³-hybridized carbons (Fsp3) is 0.579. The molecule has 1 N–H and O–H groups in total. The summed E-state index contributed by atoms with van der Waals surface area (Å²) in [5, 5.41) is 2.87. The number of rotatable bonds is 8. The van der Waals surface area contributed by atoms with Crippen molar-refractivity contribution < 1.29 is 14.3 Å². The summed E-state index contributed by atoms with van der Waals surface area (Å²) in [5.41, 5.74) is 0.681. The first-order valence-corrected chi connectivity index (χ1v) is 8.47. The molecule has 0 heterocycles. The summed E-state index contributed by atoms with van der Waals surface area (Å²) in [5.74, 6) is 0.932. The van der Waals surface area contributed by atoms with Gasteiger partial charge in [-0.3, -0.25) is 9.59 Å². The van der Waals surface area contributed by atoms with Gasteiger partial charge in [0.25, 0.3) is 0 Å². The molecule has 0 radical (unpaired) electrons. The summed E-state index contributed by atoms with van der Waals surface area (Å²) >= 11 is 0. The van der Waals surface area contributed by atoms with Gasteiger partial charge in [-0.15, -0.1) is 0 Å². The van der Waals surface area contributed by atoms with Crippen LogP contribution in [0.2, 0.25) is 0 Å². The monoisotopic (exact) mass is 334 g/mol. The molecule has 0 saturated heterocycles. The molecular weight excluding hydrogens is 304 g/mol. The maximum Gasteiger partial charge on any atom is 0.225 e. The minimum absolute atomic E-state index is 0.0144. The van der Waals surface area contributed by atoms with Crippen LogP contribution in [0.15, 0.2) is 24.3 Å². The van der Waals surface area contributed by atoms with Crippen molar-refractivity contribution in [2.45, 2.75) is 47.1 Å². The summed E-state index contributed by atoms with van der Waals surface area (Å²) in [4.78, 5) is 25.9. The van der Waals surface area contributed by atoms with Crippen LogP contribution < -0.4 is 10.1 Å². The van der Waals surface area contributed by atoms with Gasteiger partial charge in [-0.2, -0.15) is 0 Å². The maximum absolute atomic E-state index is 12.3. The third-order valence-electron chi connectivity index (χ3n) is 3.80. The summed E-state index contributed by atoms with van der Waals surface area (Å²) in [6, 6.07) is 7.74. The Bertz CT molecular complexity index is 533. The Balaban J connectivity index is 2.41. The number of ether oxygens (including phenoxy) is 1. The SMILES string of the molecule is CCN(Cc1ccc(OC)cc1)C(=O)CCCNC(=O)C(C)(C)C. The zero-order valence-corrected chi connectivity index (χ0v) is 15.5. The van der Waals surface area contributed by atoms with Crippen molar-refractivity contribution in [1.29, 1.82) is 0 Å². The lowest BCUT2D eigenvalue weighted by Gasteiger charge is -2.22. The first kappa shape index (κ1) is 20.0. The second-order valence-corrected chi connectivity index (χ2v) is 6.87. The molecule has 0 aromatic heterocycles. The van der Waals surface area contributed by atoms with Crippen LogP contribution in [0, 0.1) is 5.41 Å². The highest BCUT2D eigenvalue weighted by molar-refractivity contribution is 5.81. The number of nitrogens with zero attached hydrogens (tertiary/aromatic N) is 1. The summed E-state index contributed by atoms with van der Waals surface area (Å²) in [7, 11) is 1.63. The normalized spacial score (nSPS) is 11.0. The Morgan fingerprint density at radius 3 is 2.29 bits per heavy atom. The van der Waals surface area contributed by atoms with Gasteiger partial charge < -0.3 is 15.0 Å². The van der Waals surface area contributed by atoms with Gasteiger partial charge in [-0.25, -0.2) is 0 Å². The predicted octanol–water partition coefficient (Wildman–Crippen LogP) is 2.99. The number of hydrogen-bond donors (Lipinski definition) is 1. The standard InChI is InChI=1S/C19H30N2O3/c1-6-21(14-15-9-11-16(24-5)12-10-15)17(22)8-7-13-20-18(23)19(2,3)4/h9-12H,6-8,13-14H2,1-5H3,(H,20,23). The highest BCUT2D eigenvalue weighted by Crippen LogP contribution is 2.14. The average molecular weight is 334 g/mol. The van der Waals surface area contributed by atoms with Gasteiger partial charge in [0.1, 0.15) is 5.75 Å². The van der Waals surface area contributed by atoms with E-state index in [1.165, 1.54) is 0 Å². The van der Waals surface area contributed by atoms with Crippen molar-refractivity contribution in [2.24, 2.45) is 5.41 Å². The molecule has 0 unspecified atom stereocenters. The zero-order valence-electron chi connectivity index (χ0n) is 15.5. The Morgan fingerprint density at radius 2 is 1.79 bits per heavy atom. The first-order valence-electron chi connectivity index (χ1n) is 8.47. The van der Waals surface area contributed by atoms with E-state index in [1.54, 1.807) is 7.11 Å². The molecule has 24 heavy (non-hydrogen) atoms. The smallest absolute Gasteiger partial charge is 0.225 e. The third-order valence-corrected chi connectivity index (χ3v) is 3.80. The molecule has 0 fully saturated rings. The Labute approximate surface area is 145 Å². The van der Waals surface area contributed by atoms with Crippen LogP contribution in [0.3, 0.4) is 0 Å². The minimum Gasteiger partial charge on any atom is -0.497 e. The van der Waals surface area contributed by atoms with Crippen LogP contribution in [0.5, 0.6) is 5.75 Å². The first-order chi connectivity index (χ1) is 11.3. The van der Waals surface area contributed by atoms with Gasteiger partial charge in [0.2, 0.25) is 11.8 Å². The molecule has 0 bridgehead atoms. The van der Waals surface area contributed by atoms with E-state index in [0.717, 1.165) is 11.3 Å². The van der Waals surface area contributed by atoms with E-state index in [0.29, 0.717) is 32.5 Å². The lowest BCUT2D eigenvalue weighted by molar-refractivity contribution is -0.132. The number of benzene rings is 1. The van der Waals surface area contributed by atoms with Crippen LogP contribution >= 0.6 is 0 Å². The molecule has 0 aliphatic heterocycles. The molecule has 1 aromatic rings. The molecule has 0 atom stereocenters. The van der Waals surface area contributed by atoms with Gasteiger partial charge in [0.05, 0.1) is 7.11 Å². The van der Waals surface area contributed by atoms with E-state index in [9.17, 15) is 9.59 Å². The maximum atomic E-state index is 12.3. The number of methoxy groups -OCH3 is 1. The van der Waals surface area contributed by atoms with E-state index in [2.05, 4.69) is 5.32 Å². The van der Waals surface area contributed by atoms with Crippen molar-refractivity contribution in [1.82, 2.24) is 10.2 Å². The van der Waals surface area contributed by atoms with Crippen LogP contribution in [0.1, 0.15) is 46.1 Å². The quantitative estimate of drug-likeness (QED) is 0.744. The fourth-order valence-electron chi connectivity index (χ4n) is 2.19. The molecule has 5 heteroatoms. The summed E-state index contributed by atoms with van der Waals surface area (Å²) in [6.07, 6.45) is 1.09. The van der Waals surface area contributed by atoms with Crippen LogP contribution in [0.4, 0.5) is 0 Å². The van der Waals surface area contributed by atoms with Crippen LogP contribution in [-0.4, -0.2) is 36.9 Å². The van der Waals surface area contributed by atoms with E-state index < -0.39 is 5.41 Å². The van der Waals surface area contributed by atoms with Crippen molar-refractivity contribution >= 4 is 11.8 Å². The Morgan fingerprint density at radius 1 is 1.17 bits per heavy atom. The second kappa shape index (κ2) is 9.30. The van der Waals surface area contributed by atoms with Gasteiger partial charge >= 0.3 is 0 Å². The molecule has 0 aliphatic rings. The summed E-state index contributed by atoms with van der Waals surface area (Å²) in [6.45, 7) is 9.39. The molecule has 1 aromatic carbocycles. The van der Waals surface area contributed by atoms with Gasteiger partial charge in [0.15, 0.2) is 0 Å². The summed E-state index contributed by atoms with van der Waals surface area (Å²) < 4.78 is 5.14. The molecule has 2 amide bonds. The van der Waals surface area contributed by atoms with Crippen LogP contribution in [-0.2, 0) is 16.1 Å². The molecule has 134 valence electrons. The number of carbonyl (C=O) groups is 2. The van der Waals surface area contributed by atoms with Crippen LogP contribution in [0.25, 0.3) is 0 Å². The van der Waals surface area contributed by atoms with Crippen molar-refractivity contribution in [3.05, 3.63) is 29.8 Å². The van der Waals surface area contributed by atoms with E-state index in [4.69, 9.17) is 4.74 Å². The van der Waals surface area contributed by atoms with Crippen molar-refractivity contribution in [3.63, 3.8) is 0 Å². The van der Waals surface area contributed by atoms with E-state index in [1.807, 2.05) is 56.9 Å². The number of amides is 2. The molecule has 0 spiro atoms. The van der Waals surface area contributed by atoms with Gasteiger partial charge in [-0.05, 0) is 31.0 Å². The van der Waals surface area contributed by atoms with Gasteiger partial charge in [0, 0.05) is 31.5 Å². The number of hydrogen-bond acceptors (Lipinski definition) is 3. The fourth-order valence-corrected chi connectivity index (χ4v) is 2.19. The van der Waals surface area contributed by atoms with E-state index in [-0.39, 0.29) is 11.8 Å². The van der Waals surface area contributed by atoms with Gasteiger partial charge in [-0.1, -0.05) is 32.9 Å². The molecule has 0 aliphatic carbocycles. The highest BCUT2D eigenvalue weighted by Gasteiger charge is 2.20.